The van der Waals surface area contributed by atoms with Crippen LogP contribution >= 0.6 is 24.0 Å². The summed E-state index contributed by atoms with van der Waals surface area (Å²) in [6, 6.07) is 0.228. The Kier molecular flexibility index (Phi) is 11.1. The van der Waals surface area contributed by atoms with Crippen molar-refractivity contribution in [3.8, 4) is 0 Å². The predicted octanol–water partition coefficient (Wildman–Crippen LogP) is 1.68. The van der Waals surface area contributed by atoms with Crippen LogP contribution in [-0.4, -0.2) is 78.9 Å². The zero-order chi connectivity index (χ0) is 18.1. The molecule has 0 aliphatic carbocycles. The molecule has 0 spiro atoms. The maximum absolute atomic E-state index is 4.80. The maximum Gasteiger partial charge on any atom is 0.191 e. The van der Waals surface area contributed by atoms with Gasteiger partial charge in [0, 0.05) is 38.4 Å². The van der Waals surface area contributed by atoms with E-state index in [-0.39, 0.29) is 30.0 Å². The van der Waals surface area contributed by atoms with Gasteiger partial charge in [-0.05, 0) is 47.0 Å². The Hall–Kier alpha value is -0.870. The van der Waals surface area contributed by atoms with Crippen LogP contribution in [0.4, 0.5) is 0 Å². The second kappa shape index (κ2) is 12.5. The van der Waals surface area contributed by atoms with E-state index in [1.165, 1.54) is 37.9 Å². The number of aliphatic imine (C=N–C) groups is 1. The molecule has 1 aliphatic rings. The highest BCUT2D eigenvalue weighted by atomic mass is 127. The van der Waals surface area contributed by atoms with E-state index in [2.05, 4.69) is 52.7 Å². The van der Waals surface area contributed by atoms with Crippen molar-refractivity contribution < 1.29 is 0 Å². The van der Waals surface area contributed by atoms with Gasteiger partial charge in [-0.3, -0.25) is 9.67 Å². The average Bonchev–Trinajstić information content (AvgIpc) is 3.02. The van der Waals surface area contributed by atoms with E-state index < -0.39 is 0 Å². The van der Waals surface area contributed by atoms with Gasteiger partial charge in [0.1, 0.15) is 0 Å². The summed E-state index contributed by atoms with van der Waals surface area (Å²) in [5, 5.41) is 11.1. The van der Waals surface area contributed by atoms with Crippen LogP contribution in [0.3, 0.4) is 0 Å². The topological polar surface area (TPSA) is 60.7 Å². The quantitative estimate of drug-likeness (QED) is 0.339. The Labute approximate surface area is 175 Å². The number of likely N-dealkylation sites (N-methyl/N-ethyl adjacent to an activating group) is 1. The first kappa shape index (κ1) is 23.2. The molecule has 0 radical (unpaired) electrons. The molecule has 1 atom stereocenters. The maximum atomic E-state index is 4.80. The van der Waals surface area contributed by atoms with E-state index in [4.69, 9.17) is 4.99 Å². The fourth-order valence-corrected chi connectivity index (χ4v) is 3.21. The molecule has 1 aliphatic heterocycles. The molecular weight excluding hydrogens is 441 g/mol. The minimum Gasteiger partial charge on any atom is -0.357 e. The van der Waals surface area contributed by atoms with Gasteiger partial charge < -0.3 is 20.4 Å². The van der Waals surface area contributed by atoms with Crippen LogP contribution in [0.1, 0.15) is 37.8 Å². The molecule has 1 saturated heterocycles. The summed E-state index contributed by atoms with van der Waals surface area (Å²) in [5.74, 6) is 0.898. The van der Waals surface area contributed by atoms with Crippen LogP contribution in [0.5, 0.6) is 0 Å². The van der Waals surface area contributed by atoms with E-state index in [1.54, 1.807) is 0 Å². The molecule has 26 heavy (non-hydrogen) atoms. The van der Waals surface area contributed by atoms with Crippen molar-refractivity contribution in [1.82, 2.24) is 30.2 Å². The Morgan fingerprint density at radius 1 is 1.27 bits per heavy atom. The number of nitrogens with one attached hydrogen (secondary N) is 2. The standard InChI is InChI=1S/C18H35N7.HI/c1-5-19-18(20-9-12-25-10-7-6-8-11-25)21-14-17(23(2)3)16-13-22-24(4)15-16;/h13,15,17H,5-12,14H2,1-4H3,(H2,19,20,21);1H. The van der Waals surface area contributed by atoms with Gasteiger partial charge in [0.25, 0.3) is 0 Å². The van der Waals surface area contributed by atoms with Crippen LogP contribution < -0.4 is 10.6 Å². The third-order valence-corrected chi connectivity index (χ3v) is 4.67. The number of aromatic nitrogens is 2. The highest BCUT2D eigenvalue weighted by Gasteiger charge is 2.16. The lowest BCUT2D eigenvalue weighted by Crippen LogP contribution is -2.43. The molecular formula is C18H36IN7. The van der Waals surface area contributed by atoms with E-state index in [0.717, 1.165) is 25.6 Å². The zero-order valence-electron chi connectivity index (χ0n) is 16.7. The molecule has 2 N–H and O–H groups in total. The number of nitrogens with zero attached hydrogens (tertiary/aromatic N) is 5. The Morgan fingerprint density at radius 3 is 2.58 bits per heavy atom. The number of halogens is 1. The molecule has 1 unspecified atom stereocenters. The van der Waals surface area contributed by atoms with Crippen molar-refractivity contribution in [2.45, 2.75) is 32.2 Å². The van der Waals surface area contributed by atoms with Gasteiger partial charge in [0.2, 0.25) is 0 Å². The van der Waals surface area contributed by atoms with Crippen molar-refractivity contribution in [2.24, 2.45) is 12.0 Å². The minimum atomic E-state index is 0. The highest BCUT2D eigenvalue weighted by molar-refractivity contribution is 14.0. The van der Waals surface area contributed by atoms with Crippen LogP contribution in [0.2, 0.25) is 0 Å². The predicted molar refractivity (Wildman–Crippen MR) is 119 cm³/mol. The second-order valence-electron chi connectivity index (χ2n) is 6.98. The number of guanidine groups is 1. The molecule has 0 bridgehead atoms. The van der Waals surface area contributed by atoms with Crippen molar-refractivity contribution in [2.75, 3.05) is 53.4 Å². The molecule has 2 heterocycles. The van der Waals surface area contributed by atoms with Gasteiger partial charge >= 0.3 is 0 Å². The Morgan fingerprint density at radius 2 is 2.00 bits per heavy atom. The largest absolute Gasteiger partial charge is 0.357 e. The van der Waals surface area contributed by atoms with Crippen LogP contribution in [-0.2, 0) is 7.05 Å². The molecule has 150 valence electrons. The lowest BCUT2D eigenvalue weighted by Gasteiger charge is -2.26. The van der Waals surface area contributed by atoms with Gasteiger partial charge in [-0.1, -0.05) is 6.42 Å². The fourth-order valence-electron chi connectivity index (χ4n) is 3.21. The summed E-state index contributed by atoms with van der Waals surface area (Å²) in [6.45, 7) is 8.17. The number of rotatable bonds is 8. The van der Waals surface area contributed by atoms with Crippen LogP contribution in [0, 0.1) is 0 Å². The van der Waals surface area contributed by atoms with E-state index in [0.29, 0.717) is 6.54 Å². The van der Waals surface area contributed by atoms with Crippen molar-refractivity contribution in [1.29, 1.82) is 0 Å². The van der Waals surface area contributed by atoms with E-state index in [9.17, 15) is 0 Å². The van der Waals surface area contributed by atoms with Gasteiger partial charge in [0.05, 0.1) is 18.8 Å². The Balaban J connectivity index is 0.00000338. The molecule has 0 amide bonds. The summed E-state index contributed by atoms with van der Waals surface area (Å²) in [6.07, 6.45) is 8.05. The van der Waals surface area contributed by atoms with Gasteiger partial charge in [-0.25, -0.2) is 0 Å². The molecule has 1 aromatic heterocycles. The summed E-state index contributed by atoms with van der Waals surface area (Å²) >= 11 is 0. The summed E-state index contributed by atoms with van der Waals surface area (Å²) < 4.78 is 1.84. The van der Waals surface area contributed by atoms with Crippen molar-refractivity contribution >= 4 is 29.9 Å². The summed E-state index contributed by atoms with van der Waals surface area (Å²) in [5.41, 5.74) is 1.19. The monoisotopic (exact) mass is 477 g/mol. The molecule has 1 aromatic rings. The zero-order valence-corrected chi connectivity index (χ0v) is 19.1. The van der Waals surface area contributed by atoms with Gasteiger partial charge in [-0.15, -0.1) is 24.0 Å². The number of piperidine rings is 1. The number of hydrogen-bond donors (Lipinski definition) is 2. The third-order valence-electron chi connectivity index (χ3n) is 4.67. The lowest BCUT2D eigenvalue weighted by atomic mass is 10.1. The number of likely N-dealkylation sites (tertiary alicyclic amines) is 1. The van der Waals surface area contributed by atoms with Crippen LogP contribution in [0.15, 0.2) is 17.4 Å². The fraction of sp³-hybridized carbons (Fsp3) is 0.778. The number of hydrogen-bond acceptors (Lipinski definition) is 4. The van der Waals surface area contributed by atoms with Crippen molar-refractivity contribution in [3.63, 3.8) is 0 Å². The van der Waals surface area contributed by atoms with Gasteiger partial charge in [0.15, 0.2) is 5.96 Å². The smallest absolute Gasteiger partial charge is 0.191 e. The van der Waals surface area contributed by atoms with E-state index >= 15 is 0 Å². The summed E-state index contributed by atoms with van der Waals surface area (Å²) in [7, 11) is 6.12. The van der Waals surface area contributed by atoms with E-state index in [1.807, 2.05) is 17.9 Å². The first-order valence-corrected chi connectivity index (χ1v) is 9.49. The van der Waals surface area contributed by atoms with Crippen molar-refractivity contribution in [3.05, 3.63) is 18.0 Å². The second-order valence-corrected chi connectivity index (χ2v) is 6.98. The molecule has 8 heteroatoms. The minimum absolute atomic E-state index is 0. The first-order chi connectivity index (χ1) is 12.1. The SMILES string of the molecule is CCNC(=NCC(c1cnn(C)c1)N(C)C)NCCN1CCCCC1.I. The molecule has 7 nitrogen and oxygen atoms in total. The number of aryl methyl sites for hydroxylation is 1. The lowest BCUT2D eigenvalue weighted by molar-refractivity contribution is 0.232. The molecule has 0 saturated carbocycles. The average molecular weight is 477 g/mol. The van der Waals surface area contributed by atoms with Crippen LogP contribution in [0.25, 0.3) is 0 Å². The normalized spacial score (nSPS) is 17.0. The summed E-state index contributed by atoms with van der Waals surface area (Å²) in [4.78, 5) is 9.53. The van der Waals surface area contributed by atoms with Gasteiger partial charge in [-0.2, -0.15) is 5.10 Å². The first-order valence-electron chi connectivity index (χ1n) is 9.49. The molecule has 1 fully saturated rings. The molecule has 0 aromatic carbocycles. The molecule has 2 rings (SSSR count). The highest BCUT2D eigenvalue weighted by Crippen LogP contribution is 2.17. The Bertz CT molecular complexity index is 523. The third kappa shape index (κ3) is 7.79.